The first kappa shape index (κ1) is 13.5. The smallest absolute Gasteiger partial charge is 0.335 e. The van der Waals surface area contributed by atoms with Crippen molar-refractivity contribution < 1.29 is 14.7 Å². The fourth-order valence-electron chi connectivity index (χ4n) is 1.64. The number of carbonyl (C=O) groups excluding carboxylic acids is 1. The molecule has 0 aliphatic heterocycles. The molecule has 0 fully saturated rings. The Hall–Kier alpha value is -2.89. The maximum Gasteiger partial charge on any atom is 0.335 e. The molecule has 3 N–H and O–H groups in total. The van der Waals surface area contributed by atoms with E-state index in [-0.39, 0.29) is 17.7 Å². The molecule has 0 unspecified atom stereocenters. The first-order valence-electron chi connectivity index (χ1n) is 5.86. The summed E-state index contributed by atoms with van der Waals surface area (Å²) < 4.78 is 0. The van der Waals surface area contributed by atoms with Gasteiger partial charge in [-0.1, -0.05) is 12.1 Å². The van der Waals surface area contributed by atoms with Crippen molar-refractivity contribution in [2.24, 2.45) is 0 Å². The van der Waals surface area contributed by atoms with Crippen LogP contribution in [0.15, 0.2) is 47.4 Å². The van der Waals surface area contributed by atoms with Crippen LogP contribution in [0.4, 0.5) is 0 Å². The lowest BCUT2D eigenvalue weighted by molar-refractivity contribution is 0.0696. The Morgan fingerprint density at radius 2 is 1.85 bits per heavy atom. The van der Waals surface area contributed by atoms with Gasteiger partial charge in [0.2, 0.25) is 0 Å². The van der Waals surface area contributed by atoms with Gasteiger partial charge in [-0.15, -0.1) is 0 Å². The minimum absolute atomic E-state index is 0.0367. The second kappa shape index (κ2) is 5.83. The fraction of sp³-hybridized carbons (Fsp3) is 0.0714. The van der Waals surface area contributed by atoms with Gasteiger partial charge >= 0.3 is 5.97 Å². The van der Waals surface area contributed by atoms with Gasteiger partial charge in [-0.3, -0.25) is 9.59 Å². The Labute approximate surface area is 114 Å². The monoisotopic (exact) mass is 272 g/mol. The minimum atomic E-state index is -1.00. The summed E-state index contributed by atoms with van der Waals surface area (Å²) in [4.78, 5) is 36.3. The molecule has 2 aromatic rings. The number of carbonyl (C=O) groups is 2. The molecule has 0 radical (unpaired) electrons. The molecular weight excluding hydrogens is 260 g/mol. The minimum Gasteiger partial charge on any atom is -0.478 e. The van der Waals surface area contributed by atoms with Crippen molar-refractivity contribution in [2.75, 3.05) is 0 Å². The van der Waals surface area contributed by atoms with Gasteiger partial charge in [0.15, 0.2) is 0 Å². The Balaban J connectivity index is 2.02. The van der Waals surface area contributed by atoms with E-state index in [2.05, 4.69) is 10.3 Å². The maximum atomic E-state index is 11.8. The molecule has 102 valence electrons. The highest BCUT2D eigenvalue weighted by Gasteiger charge is 2.09. The van der Waals surface area contributed by atoms with Crippen LogP contribution in [-0.2, 0) is 6.54 Å². The molecule has 1 heterocycles. The van der Waals surface area contributed by atoms with Gasteiger partial charge in [-0.2, -0.15) is 0 Å². The van der Waals surface area contributed by atoms with Gasteiger partial charge < -0.3 is 15.4 Å². The number of rotatable bonds is 4. The number of benzene rings is 1. The lowest BCUT2D eigenvalue weighted by Crippen LogP contribution is -2.28. The molecule has 6 heteroatoms. The third-order valence-corrected chi connectivity index (χ3v) is 2.72. The van der Waals surface area contributed by atoms with Gasteiger partial charge in [0.25, 0.3) is 11.5 Å². The lowest BCUT2D eigenvalue weighted by atomic mass is 10.1. The number of amides is 1. The Kier molecular flexibility index (Phi) is 3.95. The van der Waals surface area contributed by atoms with E-state index in [4.69, 9.17) is 5.11 Å². The SMILES string of the molecule is O=C(O)c1ccc(CNC(=O)c2ccc[nH]c2=O)cc1. The summed E-state index contributed by atoms with van der Waals surface area (Å²) in [6.45, 7) is 0.215. The average molecular weight is 272 g/mol. The van der Waals surface area contributed by atoms with E-state index in [1.165, 1.54) is 24.4 Å². The Morgan fingerprint density at radius 3 is 2.45 bits per heavy atom. The van der Waals surface area contributed by atoms with Crippen molar-refractivity contribution in [3.05, 3.63) is 69.6 Å². The van der Waals surface area contributed by atoms with Crippen molar-refractivity contribution in [1.29, 1.82) is 0 Å². The lowest BCUT2D eigenvalue weighted by Gasteiger charge is -2.05. The normalized spacial score (nSPS) is 10.0. The number of aromatic nitrogens is 1. The highest BCUT2D eigenvalue weighted by molar-refractivity contribution is 5.93. The van der Waals surface area contributed by atoms with E-state index in [9.17, 15) is 14.4 Å². The molecule has 0 spiro atoms. The Bertz CT molecular complexity index is 689. The number of aromatic amines is 1. The van der Waals surface area contributed by atoms with Crippen LogP contribution < -0.4 is 10.9 Å². The predicted molar refractivity (Wildman–Crippen MR) is 71.6 cm³/mol. The zero-order chi connectivity index (χ0) is 14.5. The number of pyridine rings is 1. The summed E-state index contributed by atoms with van der Waals surface area (Å²) in [5, 5.41) is 11.4. The number of nitrogens with one attached hydrogen (secondary N) is 2. The van der Waals surface area contributed by atoms with E-state index in [1.807, 2.05) is 0 Å². The molecule has 1 amide bonds. The molecule has 6 nitrogen and oxygen atoms in total. The number of H-pyrrole nitrogens is 1. The van der Waals surface area contributed by atoms with E-state index in [0.29, 0.717) is 0 Å². The van der Waals surface area contributed by atoms with Gasteiger partial charge in [-0.05, 0) is 29.8 Å². The molecule has 0 aliphatic rings. The van der Waals surface area contributed by atoms with Crippen LogP contribution >= 0.6 is 0 Å². The summed E-state index contributed by atoms with van der Waals surface area (Å²) in [5.74, 6) is -1.48. The summed E-state index contributed by atoms with van der Waals surface area (Å²) in [7, 11) is 0. The van der Waals surface area contributed by atoms with Crippen LogP contribution in [0.25, 0.3) is 0 Å². The van der Waals surface area contributed by atoms with E-state index in [0.717, 1.165) is 5.56 Å². The number of carboxylic acid groups (broad SMARTS) is 1. The quantitative estimate of drug-likeness (QED) is 0.773. The number of hydrogen-bond acceptors (Lipinski definition) is 3. The van der Waals surface area contributed by atoms with E-state index < -0.39 is 17.4 Å². The van der Waals surface area contributed by atoms with Gasteiger partial charge in [0, 0.05) is 12.7 Å². The first-order chi connectivity index (χ1) is 9.58. The Morgan fingerprint density at radius 1 is 1.15 bits per heavy atom. The molecule has 2 rings (SSSR count). The summed E-state index contributed by atoms with van der Waals surface area (Å²) in [6, 6.07) is 9.13. The van der Waals surface area contributed by atoms with Crippen LogP contribution in [0, 0.1) is 0 Å². The van der Waals surface area contributed by atoms with Gasteiger partial charge in [0.05, 0.1) is 5.56 Å². The first-order valence-corrected chi connectivity index (χ1v) is 5.86. The third-order valence-electron chi connectivity index (χ3n) is 2.72. The summed E-state index contributed by atoms with van der Waals surface area (Å²) >= 11 is 0. The van der Waals surface area contributed by atoms with Crippen LogP contribution in [-0.4, -0.2) is 22.0 Å². The molecule has 1 aromatic carbocycles. The van der Waals surface area contributed by atoms with E-state index in [1.54, 1.807) is 18.2 Å². The predicted octanol–water partition coefficient (Wildman–Crippen LogP) is 1.00. The molecule has 0 saturated heterocycles. The largest absolute Gasteiger partial charge is 0.478 e. The van der Waals surface area contributed by atoms with Crippen molar-refractivity contribution in [3.63, 3.8) is 0 Å². The van der Waals surface area contributed by atoms with Crippen molar-refractivity contribution >= 4 is 11.9 Å². The second-order valence-electron chi connectivity index (χ2n) is 4.10. The van der Waals surface area contributed by atoms with Crippen molar-refractivity contribution in [1.82, 2.24) is 10.3 Å². The molecule has 0 bridgehead atoms. The second-order valence-corrected chi connectivity index (χ2v) is 4.10. The highest BCUT2D eigenvalue weighted by atomic mass is 16.4. The van der Waals surface area contributed by atoms with Crippen LogP contribution in [0.1, 0.15) is 26.3 Å². The molecule has 0 saturated carbocycles. The zero-order valence-electron chi connectivity index (χ0n) is 10.4. The highest BCUT2D eigenvalue weighted by Crippen LogP contribution is 2.04. The van der Waals surface area contributed by atoms with Gasteiger partial charge in [0.1, 0.15) is 5.56 Å². The van der Waals surface area contributed by atoms with Crippen molar-refractivity contribution in [3.8, 4) is 0 Å². The molecule has 1 aromatic heterocycles. The standard InChI is InChI=1S/C14H12N2O4/c17-12-11(2-1-7-15-12)13(18)16-8-9-3-5-10(6-4-9)14(19)20/h1-7H,8H2,(H,15,17)(H,16,18)(H,19,20). The molecular formula is C14H12N2O4. The molecule has 20 heavy (non-hydrogen) atoms. The molecule has 0 atom stereocenters. The topological polar surface area (TPSA) is 99.3 Å². The van der Waals surface area contributed by atoms with Crippen molar-refractivity contribution in [2.45, 2.75) is 6.54 Å². The number of hydrogen-bond donors (Lipinski definition) is 3. The number of carboxylic acids is 1. The zero-order valence-corrected chi connectivity index (χ0v) is 10.4. The summed E-state index contributed by atoms with van der Waals surface area (Å²) in [6.07, 6.45) is 1.45. The molecule has 0 aliphatic carbocycles. The van der Waals surface area contributed by atoms with Gasteiger partial charge in [-0.25, -0.2) is 4.79 Å². The van der Waals surface area contributed by atoms with Crippen LogP contribution in [0.5, 0.6) is 0 Å². The van der Waals surface area contributed by atoms with Crippen LogP contribution in [0.3, 0.4) is 0 Å². The fourth-order valence-corrected chi connectivity index (χ4v) is 1.64. The third kappa shape index (κ3) is 3.11. The van der Waals surface area contributed by atoms with E-state index >= 15 is 0 Å². The number of aromatic carboxylic acids is 1. The maximum absolute atomic E-state index is 11.8. The summed E-state index contributed by atoms with van der Waals surface area (Å²) in [5.41, 5.74) is 0.510. The van der Waals surface area contributed by atoms with Crippen LogP contribution in [0.2, 0.25) is 0 Å². The average Bonchev–Trinajstić information content (AvgIpc) is 2.45.